The van der Waals surface area contributed by atoms with E-state index in [9.17, 15) is 0 Å². The quantitative estimate of drug-likeness (QED) is 0.552. The molecule has 1 heterocycles. The molecule has 38 valence electrons. The van der Waals surface area contributed by atoms with E-state index in [0.717, 1.165) is 0 Å². The highest BCUT2D eigenvalue weighted by Gasteiger charge is 1.90. The van der Waals surface area contributed by atoms with Crippen LogP contribution < -0.4 is 0 Å². The van der Waals surface area contributed by atoms with Crippen LogP contribution in [0.3, 0.4) is 0 Å². The van der Waals surface area contributed by atoms with Gasteiger partial charge < -0.3 is 0 Å². The topological polar surface area (TPSA) is 36.7 Å². The molecular weight excluding hydrogens is 120 g/mol. The third-order valence-corrected chi connectivity index (χ3v) is 1.16. The smallest absolute Gasteiger partial charge is 0.153 e. The van der Waals surface area contributed by atoms with Crippen molar-refractivity contribution in [2.75, 3.05) is 0 Å². The van der Waals surface area contributed by atoms with E-state index < -0.39 is 0 Å². The number of hydrogen-bond donors (Lipinski definition) is 0. The van der Waals surface area contributed by atoms with Gasteiger partial charge in [0, 0.05) is 0 Å². The molecule has 0 bridgehead atoms. The van der Waals surface area contributed by atoms with Gasteiger partial charge in [0.25, 0.3) is 0 Å². The molecule has 0 N–H and O–H groups in total. The number of hydrogen-bond acceptors (Lipinski definition) is 3. The van der Waals surface area contributed by atoms with Crippen LogP contribution in [0.2, 0.25) is 0 Å². The van der Waals surface area contributed by atoms with Gasteiger partial charge in [0.1, 0.15) is 0 Å². The summed E-state index contributed by atoms with van der Waals surface area (Å²) in [6.45, 7) is 0. The van der Waals surface area contributed by atoms with Gasteiger partial charge in [0.05, 0.1) is 23.6 Å². The molecule has 0 saturated heterocycles. The lowest BCUT2D eigenvalue weighted by molar-refractivity contribution is 1.15. The first-order chi connectivity index (χ1) is 3.93. The molecule has 0 aliphatic rings. The Morgan fingerprint density at radius 1 is 1.88 bits per heavy atom. The van der Waals surface area contributed by atoms with Crippen molar-refractivity contribution in [3.63, 3.8) is 0 Å². The van der Waals surface area contributed by atoms with Crippen molar-refractivity contribution in [1.29, 1.82) is 5.26 Å². The number of nitriles is 1. The number of thiazole rings is 1. The van der Waals surface area contributed by atoms with Crippen LogP contribution in [-0.4, -0.2) is 4.98 Å². The first kappa shape index (κ1) is 5.26. The molecule has 0 amide bonds. The van der Waals surface area contributed by atoms with Crippen LogP contribution in [0.4, 0.5) is 0 Å². The SMILES string of the molecule is N#CCc1[c]s[c]n1. The molecule has 0 atom stereocenters. The zero-order chi connectivity index (χ0) is 5.82. The van der Waals surface area contributed by atoms with E-state index in [1.165, 1.54) is 11.3 Å². The second-order valence-corrected chi connectivity index (χ2v) is 1.78. The molecule has 0 aliphatic heterocycles. The molecule has 0 spiro atoms. The second-order valence-electron chi connectivity index (χ2n) is 1.19. The Kier molecular flexibility index (Phi) is 1.60. The Labute approximate surface area is 51.4 Å². The van der Waals surface area contributed by atoms with Crippen LogP contribution in [-0.2, 0) is 6.42 Å². The van der Waals surface area contributed by atoms with E-state index in [1.54, 1.807) is 0 Å². The summed E-state index contributed by atoms with van der Waals surface area (Å²) in [5.41, 5.74) is 3.29. The lowest BCUT2D eigenvalue weighted by Crippen LogP contribution is -1.77. The maximum Gasteiger partial charge on any atom is 0.153 e. The maximum absolute atomic E-state index is 8.12. The Morgan fingerprint density at radius 3 is 3.25 bits per heavy atom. The van der Waals surface area contributed by atoms with Gasteiger partial charge in [-0.1, -0.05) is 0 Å². The van der Waals surface area contributed by atoms with Gasteiger partial charge in [-0.25, -0.2) is 4.98 Å². The van der Waals surface area contributed by atoms with E-state index in [2.05, 4.69) is 15.9 Å². The second kappa shape index (κ2) is 2.43. The minimum Gasteiger partial charge on any atom is -0.237 e. The fraction of sp³-hybridized carbons (Fsp3) is 0.200. The summed E-state index contributed by atoms with van der Waals surface area (Å²) >= 11 is 1.27. The van der Waals surface area contributed by atoms with Gasteiger partial charge in [0.15, 0.2) is 5.51 Å². The summed E-state index contributed by atoms with van der Waals surface area (Å²) in [4.78, 5) is 3.72. The summed E-state index contributed by atoms with van der Waals surface area (Å²) in [6.07, 6.45) is 0.347. The summed E-state index contributed by atoms with van der Waals surface area (Å²) in [6, 6.07) is 1.96. The van der Waals surface area contributed by atoms with Crippen LogP contribution in [0.15, 0.2) is 0 Å². The first-order valence-corrected chi connectivity index (χ1v) is 2.85. The van der Waals surface area contributed by atoms with Crippen molar-refractivity contribution in [3.05, 3.63) is 16.6 Å². The van der Waals surface area contributed by atoms with Crippen molar-refractivity contribution in [2.24, 2.45) is 0 Å². The average molecular weight is 122 g/mol. The van der Waals surface area contributed by atoms with Gasteiger partial charge >= 0.3 is 0 Å². The average Bonchev–Trinajstić information content (AvgIpc) is 2.19. The third-order valence-electron chi connectivity index (χ3n) is 0.642. The first-order valence-electron chi connectivity index (χ1n) is 2.04. The molecule has 3 heteroatoms. The maximum atomic E-state index is 8.12. The summed E-state index contributed by atoms with van der Waals surface area (Å²) in [5, 5.41) is 10.9. The van der Waals surface area contributed by atoms with Gasteiger partial charge in [-0.05, 0) is 0 Å². The highest BCUT2D eigenvalue weighted by atomic mass is 32.1. The fourth-order valence-corrected chi connectivity index (χ4v) is 0.770. The van der Waals surface area contributed by atoms with Crippen LogP contribution in [0.1, 0.15) is 5.69 Å². The van der Waals surface area contributed by atoms with E-state index in [0.29, 0.717) is 12.1 Å². The van der Waals surface area contributed by atoms with Crippen molar-refractivity contribution >= 4 is 11.3 Å². The van der Waals surface area contributed by atoms with Gasteiger partial charge in [-0.3, -0.25) is 0 Å². The van der Waals surface area contributed by atoms with Crippen LogP contribution in [0, 0.1) is 22.2 Å². The van der Waals surface area contributed by atoms with E-state index in [4.69, 9.17) is 5.26 Å². The normalized spacial score (nSPS) is 8.38. The van der Waals surface area contributed by atoms with E-state index in [-0.39, 0.29) is 0 Å². The Bertz CT molecular complexity index is 185. The van der Waals surface area contributed by atoms with Crippen LogP contribution in [0.5, 0.6) is 0 Å². The highest BCUT2D eigenvalue weighted by molar-refractivity contribution is 7.06. The standard InChI is InChI=1S/C5H2N2S/c6-2-1-5-3-8-4-7-5/h1H2. The van der Waals surface area contributed by atoms with E-state index in [1.807, 2.05) is 6.07 Å². The molecule has 2 radical (unpaired) electrons. The summed E-state index contributed by atoms with van der Waals surface area (Å²) in [7, 11) is 0. The predicted octanol–water partition coefficient (Wildman–Crippen LogP) is 0.810. The van der Waals surface area contributed by atoms with Crippen molar-refractivity contribution < 1.29 is 0 Å². The molecule has 0 unspecified atom stereocenters. The minimum atomic E-state index is 0.347. The molecular formula is C5H2N2S. The minimum absolute atomic E-state index is 0.347. The van der Waals surface area contributed by atoms with Gasteiger partial charge in [0.2, 0.25) is 0 Å². The summed E-state index contributed by atoms with van der Waals surface area (Å²) in [5.74, 6) is 0. The monoisotopic (exact) mass is 122 g/mol. The molecule has 0 aliphatic carbocycles. The predicted molar refractivity (Wildman–Crippen MR) is 29.1 cm³/mol. The molecule has 0 saturated carbocycles. The molecule has 1 aromatic heterocycles. The Hall–Kier alpha value is -0.880. The molecule has 1 rings (SSSR count). The summed E-state index contributed by atoms with van der Waals surface area (Å²) < 4.78 is 0. The highest BCUT2D eigenvalue weighted by Crippen LogP contribution is 1.97. The molecule has 8 heavy (non-hydrogen) atoms. The van der Waals surface area contributed by atoms with Crippen molar-refractivity contribution in [3.8, 4) is 6.07 Å². The van der Waals surface area contributed by atoms with Gasteiger partial charge in [-0.15, -0.1) is 11.3 Å². The zero-order valence-corrected chi connectivity index (χ0v) is 4.83. The fourth-order valence-electron chi connectivity index (χ4n) is 0.333. The Balaban J connectivity index is 2.67. The zero-order valence-electron chi connectivity index (χ0n) is 4.01. The van der Waals surface area contributed by atoms with Crippen LogP contribution >= 0.6 is 11.3 Å². The Morgan fingerprint density at radius 2 is 2.75 bits per heavy atom. The molecule has 0 aromatic carbocycles. The molecule has 0 fully saturated rings. The number of aromatic nitrogens is 1. The number of nitrogens with zero attached hydrogens (tertiary/aromatic N) is 2. The van der Waals surface area contributed by atoms with Crippen molar-refractivity contribution in [2.45, 2.75) is 6.42 Å². The van der Waals surface area contributed by atoms with E-state index >= 15 is 0 Å². The lowest BCUT2D eigenvalue weighted by Gasteiger charge is -1.74. The number of rotatable bonds is 1. The third kappa shape index (κ3) is 1.04. The lowest BCUT2D eigenvalue weighted by atomic mass is 10.4. The van der Waals surface area contributed by atoms with Crippen molar-refractivity contribution in [1.82, 2.24) is 4.98 Å². The molecule has 2 nitrogen and oxygen atoms in total. The van der Waals surface area contributed by atoms with Gasteiger partial charge in [-0.2, -0.15) is 5.26 Å². The largest absolute Gasteiger partial charge is 0.237 e. The van der Waals surface area contributed by atoms with Crippen LogP contribution in [0.25, 0.3) is 0 Å². The molecule has 1 aromatic rings.